The number of hydrogen-bond acceptors (Lipinski definition) is 4. The van der Waals surface area contributed by atoms with Crippen molar-refractivity contribution in [2.45, 2.75) is 6.54 Å². The van der Waals surface area contributed by atoms with E-state index in [2.05, 4.69) is 10.3 Å². The molecule has 4 heteroatoms. The molecule has 0 spiro atoms. The molecule has 1 aromatic carbocycles. The molecule has 0 aliphatic rings. The van der Waals surface area contributed by atoms with Gasteiger partial charge in [-0.15, -0.1) is 0 Å². The van der Waals surface area contributed by atoms with Crippen LogP contribution < -0.4 is 14.8 Å². The van der Waals surface area contributed by atoms with Gasteiger partial charge in [-0.25, -0.2) is 4.98 Å². The summed E-state index contributed by atoms with van der Waals surface area (Å²) in [4.78, 5) is 4.14. The Labute approximate surface area is 107 Å². The molecule has 0 radical (unpaired) electrons. The number of hydrogen-bond donors (Lipinski definition) is 1. The lowest BCUT2D eigenvalue weighted by atomic mass is 10.2. The Balaban J connectivity index is 2.02. The number of rotatable bonds is 5. The number of nitrogens with one attached hydrogen (secondary N) is 1. The molecule has 0 saturated carbocycles. The summed E-state index contributed by atoms with van der Waals surface area (Å²) in [7, 11) is 3.28. The van der Waals surface area contributed by atoms with Crippen LogP contribution in [-0.4, -0.2) is 19.2 Å². The summed E-state index contributed by atoms with van der Waals surface area (Å²) in [5, 5.41) is 3.29. The molecule has 0 amide bonds. The number of anilines is 1. The van der Waals surface area contributed by atoms with Crippen LogP contribution in [-0.2, 0) is 6.54 Å². The van der Waals surface area contributed by atoms with Crippen molar-refractivity contribution in [3.8, 4) is 11.6 Å². The summed E-state index contributed by atoms with van der Waals surface area (Å²) >= 11 is 0. The second-order valence-electron chi connectivity index (χ2n) is 3.75. The first kappa shape index (κ1) is 12.2. The van der Waals surface area contributed by atoms with Gasteiger partial charge in [-0.2, -0.15) is 0 Å². The Morgan fingerprint density at radius 3 is 2.56 bits per heavy atom. The first-order chi connectivity index (χ1) is 8.83. The van der Waals surface area contributed by atoms with E-state index < -0.39 is 0 Å². The van der Waals surface area contributed by atoms with Gasteiger partial charge in [-0.3, -0.25) is 0 Å². The van der Waals surface area contributed by atoms with Crippen LogP contribution in [0.3, 0.4) is 0 Å². The SMILES string of the molecule is COc1ccc(NCc2ccccc2OC)cn1. The maximum absolute atomic E-state index is 5.29. The first-order valence-electron chi connectivity index (χ1n) is 5.69. The Hall–Kier alpha value is -2.23. The van der Waals surface area contributed by atoms with Crippen LogP contribution in [0.4, 0.5) is 5.69 Å². The molecule has 0 fully saturated rings. The zero-order chi connectivity index (χ0) is 12.8. The molecule has 1 N–H and O–H groups in total. The van der Waals surface area contributed by atoms with E-state index in [1.54, 1.807) is 20.4 Å². The molecule has 0 aliphatic carbocycles. The minimum absolute atomic E-state index is 0.609. The van der Waals surface area contributed by atoms with Crippen LogP contribution in [0.5, 0.6) is 11.6 Å². The lowest BCUT2D eigenvalue weighted by Gasteiger charge is -2.10. The van der Waals surface area contributed by atoms with Crippen LogP contribution in [0.25, 0.3) is 0 Å². The minimum atomic E-state index is 0.609. The Morgan fingerprint density at radius 2 is 1.89 bits per heavy atom. The highest BCUT2D eigenvalue weighted by atomic mass is 16.5. The molecule has 0 unspecified atom stereocenters. The van der Waals surface area contributed by atoms with E-state index in [1.807, 2.05) is 36.4 Å². The van der Waals surface area contributed by atoms with Crippen LogP contribution >= 0.6 is 0 Å². The quantitative estimate of drug-likeness (QED) is 0.878. The second kappa shape index (κ2) is 5.91. The summed E-state index contributed by atoms with van der Waals surface area (Å²) in [6.07, 6.45) is 1.74. The highest BCUT2D eigenvalue weighted by Crippen LogP contribution is 2.19. The van der Waals surface area contributed by atoms with Crippen molar-refractivity contribution in [1.82, 2.24) is 4.98 Å². The van der Waals surface area contributed by atoms with Gasteiger partial charge in [-0.1, -0.05) is 18.2 Å². The van der Waals surface area contributed by atoms with Crippen molar-refractivity contribution in [2.24, 2.45) is 0 Å². The number of benzene rings is 1. The highest BCUT2D eigenvalue weighted by Gasteiger charge is 2.01. The summed E-state index contributed by atoms with van der Waals surface area (Å²) in [5.74, 6) is 1.49. The van der Waals surface area contributed by atoms with Crippen LogP contribution in [0, 0.1) is 0 Å². The minimum Gasteiger partial charge on any atom is -0.496 e. The van der Waals surface area contributed by atoms with E-state index in [4.69, 9.17) is 9.47 Å². The lowest BCUT2D eigenvalue weighted by molar-refractivity contribution is 0.398. The molecule has 18 heavy (non-hydrogen) atoms. The van der Waals surface area contributed by atoms with Crippen molar-refractivity contribution >= 4 is 5.69 Å². The van der Waals surface area contributed by atoms with Crippen molar-refractivity contribution in [1.29, 1.82) is 0 Å². The van der Waals surface area contributed by atoms with Crippen LogP contribution in [0.1, 0.15) is 5.56 Å². The third-order valence-corrected chi connectivity index (χ3v) is 2.62. The van der Waals surface area contributed by atoms with E-state index >= 15 is 0 Å². The maximum atomic E-state index is 5.29. The number of pyridine rings is 1. The zero-order valence-electron chi connectivity index (χ0n) is 10.5. The van der Waals surface area contributed by atoms with Gasteiger partial charge >= 0.3 is 0 Å². The Morgan fingerprint density at radius 1 is 1.06 bits per heavy atom. The molecule has 2 rings (SSSR count). The fraction of sp³-hybridized carbons (Fsp3) is 0.214. The molecule has 2 aromatic rings. The molecule has 0 aliphatic heterocycles. The predicted molar refractivity (Wildman–Crippen MR) is 71.1 cm³/mol. The second-order valence-corrected chi connectivity index (χ2v) is 3.75. The molecular weight excluding hydrogens is 228 g/mol. The smallest absolute Gasteiger partial charge is 0.213 e. The maximum Gasteiger partial charge on any atom is 0.213 e. The van der Waals surface area contributed by atoms with E-state index in [0.29, 0.717) is 12.4 Å². The number of aromatic nitrogens is 1. The largest absolute Gasteiger partial charge is 0.496 e. The van der Waals surface area contributed by atoms with E-state index in [1.165, 1.54) is 0 Å². The van der Waals surface area contributed by atoms with E-state index in [0.717, 1.165) is 17.0 Å². The summed E-state index contributed by atoms with van der Waals surface area (Å²) in [6.45, 7) is 0.692. The zero-order valence-corrected chi connectivity index (χ0v) is 10.5. The van der Waals surface area contributed by atoms with E-state index in [-0.39, 0.29) is 0 Å². The van der Waals surface area contributed by atoms with Crippen molar-refractivity contribution in [3.63, 3.8) is 0 Å². The molecule has 0 atom stereocenters. The number of para-hydroxylation sites is 1. The molecular formula is C14H16N2O2. The van der Waals surface area contributed by atoms with Gasteiger partial charge in [-0.05, 0) is 12.1 Å². The molecule has 0 saturated heterocycles. The fourth-order valence-electron chi connectivity index (χ4n) is 1.65. The van der Waals surface area contributed by atoms with Gasteiger partial charge in [0.2, 0.25) is 5.88 Å². The van der Waals surface area contributed by atoms with Gasteiger partial charge in [0.25, 0.3) is 0 Å². The standard InChI is InChI=1S/C14H16N2O2/c1-17-13-6-4-3-5-11(13)9-15-12-7-8-14(18-2)16-10-12/h3-8,10,15H,9H2,1-2H3. The monoisotopic (exact) mass is 244 g/mol. The number of methoxy groups -OCH3 is 2. The third-order valence-electron chi connectivity index (χ3n) is 2.62. The average Bonchev–Trinajstić information content (AvgIpc) is 2.46. The van der Waals surface area contributed by atoms with Gasteiger partial charge in [0.1, 0.15) is 5.75 Å². The van der Waals surface area contributed by atoms with Crippen molar-refractivity contribution < 1.29 is 9.47 Å². The Kier molecular flexibility index (Phi) is 4.02. The molecule has 94 valence electrons. The van der Waals surface area contributed by atoms with Crippen LogP contribution in [0.15, 0.2) is 42.6 Å². The Bertz CT molecular complexity index is 497. The first-order valence-corrected chi connectivity index (χ1v) is 5.69. The normalized spacial score (nSPS) is 9.89. The third kappa shape index (κ3) is 2.91. The summed E-state index contributed by atoms with van der Waals surface area (Å²) in [5.41, 5.74) is 2.05. The van der Waals surface area contributed by atoms with Crippen molar-refractivity contribution in [3.05, 3.63) is 48.2 Å². The lowest BCUT2D eigenvalue weighted by Crippen LogP contribution is -2.02. The fourth-order valence-corrected chi connectivity index (χ4v) is 1.65. The summed E-state index contributed by atoms with van der Waals surface area (Å²) in [6, 6.07) is 11.7. The topological polar surface area (TPSA) is 43.4 Å². The average molecular weight is 244 g/mol. The van der Waals surface area contributed by atoms with E-state index in [9.17, 15) is 0 Å². The van der Waals surface area contributed by atoms with Gasteiger partial charge in [0, 0.05) is 18.2 Å². The van der Waals surface area contributed by atoms with Gasteiger partial charge < -0.3 is 14.8 Å². The number of ether oxygens (including phenoxy) is 2. The summed E-state index contributed by atoms with van der Waals surface area (Å²) < 4.78 is 10.3. The van der Waals surface area contributed by atoms with Crippen molar-refractivity contribution in [2.75, 3.05) is 19.5 Å². The number of nitrogens with zero attached hydrogens (tertiary/aromatic N) is 1. The molecule has 1 heterocycles. The highest BCUT2D eigenvalue weighted by molar-refractivity contribution is 5.44. The molecule has 0 bridgehead atoms. The van der Waals surface area contributed by atoms with Gasteiger partial charge in [0.15, 0.2) is 0 Å². The predicted octanol–water partition coefficient (Wildman–Crippen LogP) is 2.71. The molecule has 4 nitrogen and oxygen atoms in total. The van der Waals surface area contributed by atoms with Crippen LogP contribution in [0.2, 0.25) is 0 Å². The van der Waals surface area contributed by atoms with Gasteiger partial charge in [0.05, 0.1) is 26.1 Å². The molecule has 1 aromatic heterocycles.